The van der Waals surface area contributed by atoms with Gasteiger partial charge in [-0.25, -0.2) is 0 Å². The Balaban J connectivity index is 1.85. The van der Waals surface area contributed by atoms with Crippen molar-refractivity contribution in [3.8, 4) is 0 Å². The number of hydrogen-bond donors (Lipinski definition) is 1. The molecule has 0 bridgehead atoms. The van der Waals surface area contributed by atoms with Gasteiger partial charge in [-0.05, 0) is 36.6 Å². The molecule has 1 aliphatic carbocycles. The van der Waals surface area contributed by atoms with Crippen LogP contribution in [0.3, 0.4) is 0 Å². The molecule has 3 atom stereocenters. The van der Waals surface area contributed by atoms with Crippen molar-refractivity contribution < 1.29 is 9.90 Å². The molecule has 126 valence electrons. The normalized spacial score (nSPS) is 26.3. The van der Waals surface area contributed by atoms with E-state index < -0.39 is 5.97 Å². The van der Waals surface area contributed by atoms with Gasteiger partial charge in [0, 0.05) is 42.1 Å². The number of likely N-dealkylation sites (N-methyl/N-ethyl adjacent to an activating group) is 1. The van der Waals surface area contributed by atoms with E-state index >= 15 is 0 Å². The number of fused-ring (bicyclic) bond motifs is 2. The van der Waals surface area contributed by atoms with E-state index in [1.807, 2.05) is 6.08 Å². The van der Waals surface area contributed by atoms with Gasteiger partial charge in [0.2, 0.25) is 0 Å². The molecule has 1 fully saturated rings. The zero-order valence-corrected chi connectivity index (χ0v) is 14.1. The van der Waals surface area contributed by atoms with Gasteiger partial charge >= 0.3 is 5.97 Å². The van der Waals surface area contributed by atoms with Crippen LogP contribution >= 0.6 is 0 Å². The van der Waals surface area contributed by atoms with Gasteiger partial charge < -0.3 is 9.67 Å². The van der Waals surface area contributed by atoms with E-state index in [-0.39, 0.29) is 5.92 Å². The number of rotatable bonds is 4. The molecule has 4 rings (SSSR count). The first kappa shape index (κ1) is 15.5. The Bertz CT molecular complexity index is 807. The van der Waals surface area contributed by atoms with Crippen LogP contribution in [0.5, 0.6) is 0 Å². The summed E-state index contributed by atoms with van der Waals surface area (Å²) >= 11 is 0. The topological polar surface area (TPSA) is 45.5 Å². The largest absolute Gasteiger partial charge is 0.481 e. The van der Waals surface area contributed by atoms with Gasteiger partial charge in [0.1, 0.15) is 0 Å². The maximum absolute atomic E-state index is 11.6. The van der Waals surface area contributed by atoms with Crippen molar-refractivity contribution in [1.29, 1.82) is 0 Å². The van der Waals surface area contributed by atoms with Crippen molar-refractivity contribution in [1.82, 2.24) is 9.47 Å². The third kappa shape index (κ3) is 2.20. The second-order valence-corrected chi connectivity index (χ2v) is 7.07. The molecule has 24 heavy (non-hydrogen) atoms. The van der Waals surface area contributed by atoms with Crippen molar-refractivity contribution in [3.05, 3.63) is 48.2 Å². The molecule has 4 nitrogen and oxygen atoms in total. The van der Waals surface area contributed by atoms with E-state index in [4.69, 9.17) is 0 Å². The minimum absolute atomic E-state index is 0.265. The first-order valence-electron chi connectivity index (χ1n) is 8.82. The van der Waals surface area contributed by atoms with Crippen molar-refractivity contribution in [2.24, 2.45) is 5.92 Å². The molecule has 1 N–H and O–H groups in total. The summed E-state index contributed by atoms with van der Waals surface area (Å²) in [4.78, 5) is 14.0. The van der Waals surface area contributed by atoms with E-state index in [1.165, 1.54) is 22.0 Å². The van der Waals surface area contributed by atoms with Crippen LogP contribution in [0.1, 0.15) is 30.4 Å². The predicted molar refractivity (Wildman–Crippen MR) is 95.4 cm³/mol. The smallest absolute Gasteiger partial charge is 0.307 e. The van der Waals surface area contributed by atoms with Crippen LogP contribution in [0.25, 0.3) is 10.9 Å². The Hall–Kier alpha value is -2.07. The number of likely N-dealkylation sites (tertiary alicyclic amines) is 1. The van der Waals surface area contributed by atoms with Crippen molar-refractivity contribution in [2.75, 3.05) is 13.1 Å². The molecule has 0 spiro atoms. The Kier molecular flexibility index (Phi) is 3.72. The van der Waals surface area contributed by atoms with Gasteiger partial charge in [0.05, 0.1) is 5.92 Å². The quantitative estimate of drug-likeness (QED) is 0.878. The molecule has 2 heterocycles. The molecule has 0 radical (unpaired) electrons. The number of carboxylic acids is 1. The number of piperidine rings is 1. The molecule has 1 unspecified atom stereocenters. The number of aliphatic carboxylic acids is 1. The van der Waals surface area contributed by atoms with Gasteiger partial charge in [0.25, 0.3) is 0 Å². The molecule has 0 saturated carbocycles. The summed E-state index contributed by atoms with van der Waals surface area (Å²) < 4.78 is 2.27. The summed E-state index contributed by atoms with van der Waals surface area (Å²) in [7, 11) is 0. The SMILES string of the molecule is C=CCn1cc2c3c(cccc31)C1C[C@@H](C(=O)O)CN(CC)[C@@H]1C2. The van der Waals surface area contributed by atoms with E-state index in [9.17, 15) is 9.90 Å². The first-order chi connectivity index (χ1) is 11.6. The second-order valence-electron chi connectivity index (χ2n) is 7.07. The minimum Gasteiger partial charge on any atom is -0.481 e. The van der Waals surface area contributed by atoms with Crippen molar-refractivity contribution in [2.45, 2.75) is 38.3 Å². The third-order valence-electron chi connectivity index (χ3n) is 5.85. The van der Waals surface area contributed by atoms with E-state index in [0.717, 1.165) is 25.9 Å². The highest BCUT2D eigenvalue weighted by Crippen LogP contribution is 2.45. The molecule has 0 amide bonds. The monoisotopic (exact) mass is 324 g/mol. The second kappa shape index (κ2) is 5.78. The maximum Gasteiger partial charge on any atom is 0.307 e. The average molecular weight is 324 g/mol. The van der Waals surface area contributed by atoms with Crippen LogP contribution in [0.2, 0.25) is 0 Å². The van der Waals surface area contributed by atoms with E-state index in [0.29, 0.717) is 18.5 Å². The predicted octanol–water partition coefficient (Wildman–Crippen LogP) is 3.26. The fourth-order valence-corrected chi connectivity index (χ4v) is 4.81. The molecular weight excluding hydrogens is 300 g/mol. The molecule has 4 heteroatoms. The fraction of sp³-hybridized carbons (Fsp3) is 0.450. The van der Waals surface area contributed by atoms with Crippen molar-refractivity contribution >= 4 is 16.9 Å². The van der Waals surface area contributed by atoms with Crippen LogP contribution < -0.4 is 0 Å². The van der Waals surface area contributed by atoms with Crippen molar-refractivity contribution in [3.63, 3.8) is 0 Å². The van der Waals surface area contributed by atoms with Crippen LogP contribution in [0, 0.1) is 5.92 Å². The summed E-state index contributed by atoms with van der Waals surface area (Å²) in [5, 5.41) is 10.9. The summed E-state index contributed by atoms with van der Waals surface area (Å²) in [6.07, 6.45) is 5.97. The van der Waals surface area contributed by atoms with Gasteiger partial charge in [-0.2, -0.15) is 0 Å². The minimum atomic E-state index is -0.658. The summed E-state index contributed by atoms with van der Waals surface area (Å²) in [5.41, 5.74) is 3.99. The van der Waals surface area contributed by atoms with Crippen LogP contribution in [0.4, 0.5) is 0 Å². The number of benzene rings is 1. The van der Waals surface area contributed by atoms with Gasteiger partial charge in [-0.1, -0.05) is 25.1 Å². The fourth-order valence-electron chi connectivity index (χ4n) is 4.81. The number of carbonyl (C=O) groups is 1. The Morgan fingerprint density at radius 3 is 3.00 bits per heavy atom. The maximum atomic E-state index is 11.6. The Morgan fingerprint density at radius 2 is 2.29 bits per heavy atom. The molecule has 2 aromatic rings. The lowest BCUT2D eigenvalue weighted by Crippen LogP contribution is -2.51. The highest BCUT2D eigenvalue weighted by Gasteiger charge is 2.42. The number of hydrogen-bond acceptors (Lipinski definition) is 2. The molecule has 2 aliphatic rings. The zero-order chi connectivity index (χ0) is 16.8. The summed E-state index contributed by atoms with van der Waals surface area (Å²) in [6, 6.07) is 6.91. The van der Waals surface area contributed by atoms with E-state index in [2.05, 4.69) is 47.4 Å². The molecule has 1 aliphatic heterocycles. The third-order valence-corrected chi connectivity index (χ3v) is 5.85. The van der Waals surface area contributed by atoms with Gasteiger partial charge in [-0.15, -0.1) is 6.58 Å². The number of nitrogens with zero attached hydrogens (tertiary/aromatic N) is 2. The number of allylic oxidation sites excluding steroid dienone is 1. The highest BCUT2D eigenvalue weighted by atomic mass is 16.4. The van der Waals surface area contributed by atoms with Gasteiger partial charge in [0.15, 0.2) is 0 Å². The van der Waals surface area contributed by atoms with Crippen LogP contribution in [-0.2, 0) is 17.8 Å². The lowest BCUT2D eigenvalue weighted by atomic mass is 9.72. The highest BCUT2D eigenvalue weighted by molar-refractivity contribution is 5.89. The lowest BCUT2D eigenvalue weighted by Gasteiger charge is -2.45. The summed E-state index contributed by atoms with van der Waals surface area (Å²) in [6.45, 7) is 8.40. The number of carboxylic acid groups (broad SMARTS) is 1. The standard InChI is InChI=1S/C20H24N2O2/c1-3-8-22-11-13-10-18-16(15-6-5-7-17(22)19(13)15)9-14(20(23)24)12-21(18)4-2/h3,5-7,11,14,16,18H,1,4,8-10,12H2,2H3,(H,23,24)/t14-,16?,18-/m1/s1. The number of aromatic nitrogens is 1. The van der Waals surface area contributed by atoms with Crippen LogP contribution in [0.15, 0.2) is 37.1 Å². The lowest BCUT2D eigenvalue weighted by molar-refractivity contribution is -0.144. The van der Waals surface area contributed by atoms with Gasteiger partial charge in [-0.3, -0.25) is 9.69 Å². The van der Waals surface area contributed by atoms with Crippen LogP contribution in [-0.4, -0.2) is 39.7 Å². The Labute approximate surface area is 142 Å². The average Bonchev–Trinajstić information content (AvgIpc) is 2.93. The first-order valence-corrected chi connectivity index (χ1v) is 8.82. The molecule has 1 saturated heterocycles. The molecular formula is C20H24N2O2. The Morgan fingerprint density at radius 1 is 1.46 bits per heavy atom. The summed E-state index contributed by atoms with van der Waals surface area (Å²) in [5.74, 6) is -0.608. The molecule has 1 aromatic carbocycles. The van der Waals surface area contributed by atoms with E-state index in [1.54, 1.807) is 0 Å². The zero-order valence-electron chi connectivity index (χ0n) is 14.1. The molecule has 1 aromatic heterocycles.